The molecule has 0 aromatic carbocycles. The van der Waals surface area contributed by atoms with Crippen LogP contribution in [0, 0.1) is 17.8 Å². The van der Waals surface area contributed by atoms with E-state index in [0.717, 1.165) is 48.0 Å². The molecule has 4 heterocycles. The zero-order chi connectivity index (χ0) is 23.4. The van der Waals surface area contributed by atoms with Gasteiger partial charge in [-0.05, 0) is 90.6 Å². The zero-order valence-corrected chi connectivity index (χ0v) is 22.9. The third-order valence-corrected chi connectivity index (χ3v) is 8.52. The van der Waals surface area contributed by atoms with Crippen LogP contribution in [0.5, 0.6) is 0 Å². The number of hydrogen-bond donors (Lipinski definition) is 0. The minimum absolute atomic E-state index is 0.738. The highest BCUT2D eigenvalue weighted by Gasteiger charge is 2.38. The first kappa shape index (κ1) is 26.4. The molecule has 2 atom stereocenters. The van der Waals surface area contributed by atoms with Gasteiger partial charge in [0.2, 0.25) is 0 Å². The Morgan fingerprint density at radius 3 is 1.72 bits per heavy atom. The summed E-state index contributed by atoms with van der Waals surface area (Å²) in [4.78, 5) is 10.7. The van der Waals surface area contributed by atoms with Crippen molar-refractivity contribution in [3.05, 3.63) is 0 Å². The molecule has 4 fully saturated rings. The average molecular weight is 449 g/mol. The van der Waals surface area contributed by atoms with E-state index in [0.29, 0.717) is 0 Å². The van der Waals surface area contributed by atoms with Gasteiger partial charge in [0.05, 0.1) is 0 Å². The van der Waals surface area contributed by atoms with Gasteiger partial charge in [0.1, 0.15) is 0 Å². The van der Waals surface area contributed by atoms with Crippen LogP contribution >= 0.6 is 0 Å². The molecule has 0 bridgehead atoms. The number of nitrogens with zero attached hydrogens (tertiary/aromatic N) is 4. The third-order valence-electron chi connectivity index (χ3n) is 8.52. The summed E-state index contributed by atoms with van der Waals surface area (Å²) < 4.78 is 0. The molecule has 0 aliphatic carbocycles. The number of hydrogen-bond acceptors (Lipinski definition) is 4. The lowest BCUT2D eigenvalue weighted by molar-refractivity contribution is 0.00406. The molecule has 0 spiro atoms. The molecule has 0 aromatic heterocycles. The summed E-state index contributed by atoms with van der Waals surface area (Å²) in [5, 5.41) is 0. The third kappa shape index (κ3) is 7.17. The van der Waals surface area contributed by atoms with E-state index in [1.807, 2.05) is 0 Å². The van der Waals surface area contributed by atoms with Gasteiger partial charge in [0, 0.05) is 62.9 Å². The molecule has 4 aliphatic heterocycles. The van der Waals surface area contributed by atoms with Gasteiger partial charge in [-0.15, -0.1) is 0 Å². The Hall–Kier alpha value is -0.160. The van der Waals surface area contributed by atoms with Gasteiger partial charge in [0.25, 0.3) is 0 Å². The summed E-state index contributed by atoms with van der Waals surface area (Å²) in [6.07, 6.45) is 7.14. The Morgan fingerprint density at radius 2 is 1.19 bits per heavy atom. The fourth-order valence-electron chi connectivity index (χ4n) is 6.45. The van der Waals surface area contributed by atoms with Crippen LogP contribution in [0.4, 0.5) is 0 Å². The second kappa shape index (κ2) is 12.0. The summed E-state index contributed by atoms with van der Waals surface area (Å²) >= 11 is 0. The van der Waals surface area contributed by atoms with Crippen LogP contribution < -0.4 is 0 Å². The quantitative estimate of drug-likeness (QED) is 0.516. The Labute approximate surface area is 201 Å². The van der Waals surface area contributed by atoms with E-state index in [-0.39, 0.29) is 0 Å². The van der Waals surface area contributed by atoms with Crippen molar-refractivity contribution in [2.45, 2.75) is 118 Å². The van der Waals surface area contributed by atoms with Crippen LogP contribution in [-0.4, -0.2) is 95.6 Å². The van der Waals surface area contributed by atoms with Gasteiger partial charge in [-0.3, -0.25) is 19.6 Å². The first-order chi connectivity index (χ1) is 15.1. The van der Waals surface area contributed by atoms with E-state index in [1.165, 1.54) is 77.9 Å². The molecular weight excluding hydrogens is 392 g/mol. The minimum Gasteiger partial charge on any atom is -0.298 e. The van der Waals surface area contributed by atoms with E-state index in [9.17, 15) is 0 Å². The van der Waals surface area contributed by atoms with Crippen molar-refractivity contribution >= 4 is 0 Å². The largest absolute Gasteiger partial charge is 0.298 e. The highest BCUT2D eigenvalue weighted by Crippen LogP contribution is 2.30. The topological polar surface area (TPSA) is 13.0 Å². The highest BCUT2D eigenvalue weighted by molar-refractivity contribution is 4.95. The van der Waals surface area contributed by atoms with Crippen molar-refractivity contribution in [2.75, 3.05) is 45.8 Å². The molecule has 32 heavy (non-hydrogen) atoms. The Morgan fingerprint density at radius 1 is 0.625 bits per heavy atom. The smallest absolute Gasteiger partial charge is 0.0353 e. The monoisotopic (exact) mass is 448 g/mol. The normalized spacial score (nSPS) is 29.2. The summed E-state index contributed by atoms with van der Waals surface area (Å²) in [6, 6.07) is 4.11. The summed E-state index contributed by atoms with van der Waals surface area (Å²) in [6.45, 7) is 28.0. The number of rotatable bonds is 8. The molecule has 4 aliphatic rings. The predicted octanol–water partition coefficient (Wildman–Crippen LogP) is 5.04. The van der Waals surface area contributed by atoms with Gasteiger partial charge in [-0.2, -0.15) is 0 Å². The first-order valence-corrected chi connectivity index (χ1v) is 14.1. The lowest BCUT2D eigenvalue weighted by Crippen LogP contribution is -2.62. The molecule has 0 aromatic rings. The van der Waals surface area contributed by atoms with E-state index >= 15 is 0 Å². The fraction of sp³-hybridized carbons (Fsp3) is 1.00. The van der Waals surface area contributed by atoms with Gasteiger partial charge in [-0.1, -0.05) is 27.7 Å². The molecule has 2 unspecified atom stereocenters. The predicted molar refractivity (Wildman–Crippen MR) is 139 cm³/mol. The van der Waals surface area contributed by atoms with Crippen molar-refractivity contribution in [1.82, 2.24) is 19.6 Å². The highest BCUT2D eigenvalue weighted by atomic mass is 15.3. The first-order valence-electron chi connectivity index (χ1n) is 14.1. The van der Waals surface area contributed by atoms with Crippen LogP contribution in [0.25, 0.3) is 0 Å². The summed E-state index contributed by atoms with van der Waals surface area (Å²) in [5.74, 6) is 2.71. The van der Waals surface area contributed by atoms with E-state index in [2.05, 4.69) is 75.0 Å². The van der Waals surface area contributed by atoms with Crippen LogP contribution in [0.3, 0.4) is 0 Å². The van der Waals surface area contributed by atoms with Crippen molar-refractivity contribution in [2.24, 2.45) is 17.8 Å². The van der Waals surface area contributed by atoms with Crippen molar-refractivity contribution < 1.29 is 0 Å². The maximum atomic E-state index is 2.80. The molecule has 0 radical (unpaired) electrons. The van der Waals surface area contributed by atoms with Crippen LogP contribution in [0.1, 0.15) is 87.5 Å². The van der Waals surface area contributed by atoms with Gasteiger partial charge < -0.3 is 0 Å². The van der Waals surface area contributed by atoms with Gasteiger partial charge in [0.15, 0.2) is 0 Å². The van der Waals surface area contributed by atoms with E-state index in [1.54, 1.807) is 0 Å². The molecule has 0 saturated carbocycles. The van der Waals surface area contributed by atoms with Crippen molar-refractivity contribution in [3.63, 3.8) is 0 Å². The molecule has 4 rings (SSSR count). The Kier molecular flexibility index (Phi) is 9.92. The second-order valence-electron chi connectivity index (χ2n) is 12.8. The maximum absolute atomic E-state index is 2.80. The summed E-state index contributed by atoms with van der Waals surface area (Å²) in [5.41, 5.74) is 0. The summed E-state index contributed by atoms with van der Waals surface area (Å²) in [7, 11) is 0. The number of likely N-dealkylation sites (tertiary alicyclic amines) is 4. The molecule has 188 valence electrons. The van der Waals surface area contributed by atoms with Crippen LogP contribution in [0.2, 0.25) is 0 Å². The second-order valence-corrected chi connectivity index (χ2v) is 12.8. The van der Waals surface area contributed by atoms with Crippen molar-refractivity contribution in [1.29, 1.82) is 0 Å². The molecule has 0 amide bonds. The Balaban J connectivity index is 0.000000181. The van der Waals surface area contributed by atoms with Crippen molar-refractivity contribution in [3.8, 4) is 0 Å². The van der Waals surface area contributed by atoms with E-state index in [4.69, 9.17) is 0 Å². The standard InChI is InChI=1S/2C14H28N2/c1-11(2)7-13-5-6-15(8-13)14-9-16(10-14)12(3)4;1-11(2)8-13-6-5-7-16(13)14-9-15(10-14)12(3)4/h2*11-14H,5-10H2,1-4H3. The lowest BCUT2D eigenvalue weighted by Gasteiger charge is -2.48. The Bertz CT molecular complexity index is 534. The average Bonchev–Trinajstić information content (AvgIpc) is 3.21. The van der Waals surface area contributed by atoms with Crippen LogP contribution in [0.15, 0.2) is 0 Å². The van der Waals surface area contributed by atoms with Gasteiger partial charge in [-0.25, -0.2) is 0 Å². The minimum atomic E-state index is 0.738. The SMILES string of the molecule is CC(C)CC1CCCN1C1CN(C(C)C)C1.CC(C)CC1CCN(C2CN(C(C)C)C2)C1. The molecular formula is C28H56N4. The lowest BCUT2D eigenvalue weighted by atomic mass is 9.96. The molecule has 4 heteroatoms. The molecule has 4 saturated heterocycles. The van der Waals surface area contributed by atoms with Gasteiger partial charge >= 0.3 is 0 Å². The zero-order valence-electron chi connectivity index (χ0n) is 22.9. The molecule has 0 N–H and O–H groups in total. The van der Waals surface area contributed by atoms with E-state index < -0.39 is 0 Å². The fourth-order valence-corrected chi connectivity index (χ4v) is 6.45. The molecule has 4 nitrogen and oxygen atoms in total. The maximum Gasteiger partial charge on any atom is 0.0353 e. The van der Waals surface area contributed by atoms with Crippen LogP contribution in [-0.2, 0) is 0 Å².